The first-order valence-corrected chi connectivity index (χ1v) is 5.57. The first-order valence-electron chi connectivity index (χ1n) is 5.57. The smallest absolute Gasteiger partial charge is 0.168 e. The van der Waals surface area contributed by atoms with E-state index in [1.807, 2.05) is 37.3 Å². The third-order valence-electron chi connectivity index (χ3n) is 2.27. The number of rotatable bonds is 7. The molecule has 0 saturated carbocycles. The molecule has 16 heavy (non-hydrogen) atoms. The van der Waals surface area contributed by atoms with Crippen LogP contribution in [0.4, 0.5) is 0 Å². The molecule has 1 atom stereocenters. The number of carbonyl (C=O) groups excluding carboxylic acids is 1. The molecule has 0 bridgehead atoms. The molecule has 0 heterocycles. The summed E-state index contributed by atoms with van der Waals surface area (Å²) in [7, 11) is 0. The quantitative estimate of drug-likeness (QED) is 0.762. The minimum absolute atomic E-state index is 0.0675. The molecular formula is C13H18O3. The Morgan fingerprint density at radius 1 is 1.38 bits per heavy atom. The van der Waals surface area contributed by atoms with Crippen LogP contribution in [0, 0.1) is 0 Å². The Morgan fingerprint density at radius 2 is 2.06 bits per heavy atom. The fourth-order valence-corrected chi connectivity index (χ4v) is 1.42. The van der Waals surface area contributed by atoms with E-state index in [4.69, 9.17) is 9.84 Å². The third kappa shape index (κ3) is 4.13. The molecule has 1 N–H and O–H groups in total. The summed E-state index contributed by atoms with van der Waals surface area (Å²) in [6.45, 7) is 2.23. The number of aliphatic hydroxyl groups is 1. The maximum absolute atomic E-state index is 11.8. The van der Waals surface area contributed by atoms with Crippen LogP contribution in [0.1, 0.15) is 18.9 Å². The molecule has 0 fully saturated rings. The van der Waals surface area contributed by atoms with Gasteiger partial charge in [0.05, 0.1) is 6.61 Å². The van der Waals surface area contributed by atoms with Gasteiger partial charge >= 0.3 is 0 Å². The van der Waals surface area contributed by atoms with Gasteiger partial charge in [0.1, 0.15) is 6.10 Å². The standard InChI is InChI=1S/C13H18O3/c1-2-8-16-13(10-14)12(15)9-11-6-4-3-5-7-11/h3-7,13-14H,2,8-10H2,1H3. The molecule has 0 aliphatic carbocycles. The Kier molecular flexibility index (Phi) is 5.75. The molecule has 0 aromatic heterocycles. The molecule has 3 heteroatoms. The number of carbonyl (C=O) groups is 1. The number of benzene rings is 1. The first-order chi connectivity index (χ1) is 7.77. The van der Waals surface area contributed by atoms with Gasteiger partial charge in [-0.25, -0.2) is 0 Å². The Bertz CT molecular complexity index is 308. The average Bonchev–Trinajstić information content (AvgIpc) is 2.31. The number of hydrogen-bond donors (Lipinski definition) is 1. The van der Waals surface area contributed by atoms with Gasteiger partial charge in [0.25, 0.3) is 0 Å². The lowest BCUT2D eigenvalue weighted by molar-refractivity contribution is -0.132. The van der Waals surface area contributed by atoms with E-state index in [0.717, 1.165) is 12.0 Å². The van der Waals surface area contributed by atoms with Gasteiger partial charge in [-0.2, -0.15) is 0 Å². The summed E-state index contributed by atoms with van der Waals surface area (Å²) in [5.74, 6) is -0.0675. The third-order valence-corrected chi connectivity index (χ3v) is 2.27. The van der Waals surface area contributed by atoms with Crippen molar-refractivity contribution in [1.29, 1.82) is 0 Å². The van der Waals surface area contributed by atoms with Crippen LogP contribution in [0.3, 0.4) is 0 Å². The van der Waals surface area contributed by atoms with Crippen molar-refractivity contribution >= 4 is 5.78 Å². The van der Waals surface area contributed by atoms with Crippen LogP contribution >= 0.6 is 0 Å². The van der Waals surface area contributed by atoms with Gasteiger partial charge in [0.15, 0.2) is 5.78 Å². The molecule has 1 aromatic carbocycles. The zero-order valence-corrected chi connectivity index (χ0v) is 9.56. The number of aliphatic hydroxyl groups excluding tert-OH is 1. The number of ketones is 1. The fraction of sp³-hybridized carbons (Fsp3) is 0.462. The van der Waals surface area contributed by atoms with Gasteiger partial charge in [-0.05, 0) is 12.0 Å². The molecule has 0 spiro atoms. The van der Waals surface area contributed by atoms with E-state index in [1.165, 1.54) is 0 Å². The summed E-state index contributed by atoms with van der Waals surface area (Å²) in [4.78, 5) is 11.8. The Hall–Kier alpha value is -1.19. The molecule has 1 aromatic rings. The van der Waals surface area contributed by atoms with Crippen LogP contribution in [0.2, 0.25) is 0 Å². The molecule has 0 aliphatic heterocycles. The molecule has 3 nitrogen and oxygen atoms in total. The molecular weight excluding hydrogens is 204 g/mol. The van der Waals surface area contributed by atoms with Gasteiger partial charge in [-0.15, -0.1) is 0 Å². The van der Waals surface area contributed by atoms with Gasteiger partial charge in [-0.3, -0.25) is 4.79 Å². The summed E-state index contributed by atoms with van der Waals surface area (Å²) < 4.78 is 5.27. The van der Waals surface area contributed by atoms with Crippen molar-refractivity contribution in [2.45, 2.75) is 25.9 Å². The predicted octanol–water partition coefficient (Wildman–Crippen LogP) is 1.59. The van der Waals surface area contributed by atoms with Gasteiger partial charge in [0.2, 0.25) is 0 Å². The summed E-state index contributed by atoms with van der Waals surface area (Å²) in [5.41, 5.74) is 0.950. The van der Waals surface area contributed by atoms with Crippen molar-refractivity contribution in [3.63, 3.8) is 0 Å². The fourth-order valence-electron chi connectivity index (χ4n) is 1.42. The van der Waals surface area contributed by atoms with Crippen LogP contribution in [0.25, 0.3) is 0 Å². The summed E-state index contributed by atoms with van der Waals surface area (Å²) in [6, 6.07) is 9.48. The topological polar surface area (TPSA) is 46.5 Å². The largest absolute Gasteiger partial charge is 0.393 e. The van der Waals surface area contributed by atoms with Crippen LogP contribution in [0.5, 0.6) is 0 Å². The van der Waals surface area contributed by atoms with E-state index in [2.05, 4.69) is 0 Å². The maximum Gasteiger partial charge on any atom is 0.168 e. The second-order valence-corrected chi connectivity index (χ2v) is 3.67. The van der Waals surface area contributed by atoms with Crippen molar-refractivity contribution in [3.8, 4) is 0 Å². The molecule has 0 amide bonds. The van der Waals surface area contributed by atoms with E-state index in [1.54, 1.807) is 0 Å². The zero-order valence-electron chi connectivity index (χ0n) is 9.56. The van der Waals surface area contributed by atoms with Crippen LogP contribution < -0.4 is 0 Å². The highest BCUT2D eigenvalue weighted by atomic mass is 16.5. The van der Waals surface area contributed by atoms with Gasteiger partial charge in [-0.1, -0.05) is 37.3 Å². The van der Waals surface area contributed by atoms with Crippen molar-refractivity contribution < 1.29 is 14.6 Å². The minimum atomic E-state index is -0.680. The molecule has 0 aliphatic rings. The Labute approximate surface area is 96.1 Å². The zero-order chi connectivity index (χ0) is 11.8. The Balaban J connectivity index is 2.49. The lowest BCUT2D eigenvalue weighted by Crippen LogP contribution is -2.29. The lowest BCUT2D eigenvalue weighted by atomic mass is 10.1. The van der Waals surface area contributed by atoms with E-state index < -0.39 is 6.10 Å². The van der Waals surface area contributed by atoms with E-state index >= 15 is 0 Å². The number of ether oxygens (including phenoxy) is 1. The van der Waals surface area contributed by atoms with Crippen LogP contribution in [-0.4, -0.2) is 30.2 Å². The molecule has 1 rings (SSSR count). The van der Waals surface area contributed by atoms with E-state index in [9.17, 15) is 4.79 Å². The summed E-state index contributed by atoms with van der Waals surface area (Å²) in [5, 5.41) is 9.06. The van der Waals surface area contributed by atoms with Gasteiger partial charge < -0.3 is 9.84 Å². The second-order valence-electron chi connectivity index (χ2n) is 3.67. The minimum Gasteiger partial charge on any atom is -0.393 e. The van der Waals surface area contributed by atoms with Crippen molar-refractivity contribution in [1.82, 2.24) is 0 Å². The average molecular weight is 222 g/mol. The number of Topliss-reactive ketones (excluding diaryl/α,β-unsaturated/α-hetero) is 1. The second kappa shape index (κ2) is 7.14. The van der Waals surface area contributed by atoms with Crippen molar-refractivity contribution in [2.24, 2.45) is 0 Å². The summed E-state index contributed by atoms with van der Waals surface area (Å²) >= 11 is 0. The molecule has 1 unspecified atom stereocenters. The van der Waals surface area contributed by atoms with E-state index in [0.29, 0.717) is 13.0 Å². The van der Waals surface area contributed by atoms with E-state index in [-0.39, 0.29) is 12.4 Å². The van der Waals surface area contributed by atoms with Gasteiger partial charge in [0, 0.05) is 13.0 Å². The highest BCUT2D eigenvalue weighted by Gasteiger charge is 2.17. The van der Waals surface area contributed by atoms with Crippen molar-refractivity contribution in [3.05, 3.63) is 35.9 Å². The Morgan fingerprint density at radius 3 is 2.62 bits per heavy atom. The highest BCUT2D eigenvalue weighted by Crippen LogP contribution is 2.04. The normalized spacial score (nSPS) is 12.4. The maximum atomic E-state index is 11.8. The monoisotopic (exact) mass is 222 g/mol. The predicted molar refractivity (Wildman–Crippen MR) is 62.3 cm³/mol. The SMILES string of the molecule is CCCOC(CO)C(=O)Cc1ccccc1. The lowest BCUT2D eigenvalue weighted by Gasteiger charge is -2.13. The van der Waals surface area contributed by atoms with Crippen LogP contribution in [0.15, 0.2) is 30.3 Å². The molecule has 0 saturated heterocycles. The molecule has 88 valence electrons. The van der Waals surface area contributed by atoms with Crippen LogP contribution in [-0.2, 0) is 16.0 Å². The summed E-state index contributed by atoms with van der Waals surface area (Å²) in [6.07, 6.45) is 0.477. The highest BCUT2D eigenvalue weighted by molar-refractivity contribution is 5.85. The first kappa shape index (κ1) is 12.9. The van der Waals surface area contributed by atoms with Crippen molar-refractivity contribution in [2.75, 3.05) is 13.2 Å². The molecule has 0 radical (unpaired) electrons. The number of hydrogen-bond acceptors (Lipinski definition) is 3.